The Hall–Kier alpha value is -1.95. The van der Waals surface area contributed by atoms with Gasteiger partial charge in [0.05, 0.1) is 0 Å². The van der Waals surface area contributed by atoms with Crippen LogP contribution in [0, 0.1) is 0 Å². The fourth-order valence-electron chi connectivity index (χ4n) is 2.81. The van der Waals surface area contributed by atoms with Crippen molar-refractivity contribution in [1.82, 2.24) is 15.5 Å². The van der Waals surface area contributed by atoms with Gasteiger partial charge in [-0.05, 0) is 37.1 Å². The van der Waals surface area contributed by atoms with Crippen molar-refractivity contribution in [2.45, 2.75) is 32.4 Å². The van der Waals surface area contributed by atoms with E-state index in [1.807, 2.05) is 18.2 Å². The smallest absolute Gasteiger partial charge is 0.231 e. The Kier molecular flexibility index (Phi) is 5.23. The highest BCUT2D eigenvalue weighted by atomic mass is 16.7. The minimum Gasteiger partial charge on any atom is -0.454 e. The number of aliphatic imine (C=N–C) groups is 1. The Morgan fingerprint density at radius 2 is 2.09 bits per heavy atom. The van der Waals surface area contributed by atoms with Gasteiger partial charge in [-0.2, -0.15) is 0 Å². The first-order chi connectivity index (χ1) is 11.3. The second kappa shape index (κ2) is 7.55. The first-order valence-electron chi connectivity index (χ1n) is 8.37. The molecule has 0 bridgehead atoms. The fourth-order valence-corrected chi connectivity index (χ4v) is 2.81. The fraction of sp³-hybridized carbons (Fsp3) is 0.588. The second-order valence-corrected chi connectivity index (χ2v) is 5.90. The standard InChI is InChI=1S/C17H26N4O2/c1-3-21(14-5-6-14)9-8-19-17(18-2)20-11-13-4-7-15-16(10-13)23-12-22-15/h4,7,10,14H,3,5-6,8-9,11-12H2,1-2H3,(H2,18,19,20). The van der Waals surface area contributed by atoms with Gasteiger partial charge in [0, 0.05) is 32.7 Å². The van der Waals surface area contributed by atoms with Crippen molar-refractivity contribution >= 4 is 5.96 Å². The van der Waals surface area contributed by atoms with Gasteiger partial charge in [-0.1, -0.05) is 13.0 Å². The molecule has 0 unspecified atom stereocenters. The summed E-state index contributed by atoms with van der Waals surface area (Å²) in [4.78, 5) is 6.80. The molecule has 3 rings (SSSR count). The van der Waals surface area contributed by atoms with E-state index >= 15 is 0 Å². The zero-order chi connectivity index (χ0) is 16.1. The molecule has 0 saturated heterocycles. The highest BCUT2D eigenvalue weighted by molar-refractivity contribution is 5.79. The van der Waals surface area contributed by atoms with Gasteiger partial charge in [0.1, 0.15) is 0 Å². The van der Waals surface area contributed by atoms with Crippen LogP contribution in [0.25, 0.3) is 0 Å². The number of ether oxygens (including phenoxy) is 2. The van der Waals surface area contributed by atoms with Crippen molar-refractivity contribution < 1.29 is 9.47 Å². The quantitative estimate of drug-likeness (QED) is 0.590. The first kappa shape index (κ1) is 15.9. The second-order valence-electron chi connectivity index (χ2n) is 5.90. The summed E-state index contributed by atoms with van der Waals surface area (Å²) in [7, 11) is 1.80. The summed E-state index contributed by atoms with van der Waals surface area (Å²) in [6.07, 6.45) is 2.70. The minimum absolute atomic E-state index is 0.310. The lowest BCUT2D eigenvalue weighted by Gasteiger charge is -2.20. The van der Waals surface area contributed by atoms with Gasteiger partial charge in [-0.25, -0.2) is 0 Å². The number of rotatable bonds is 7. The topological polar surface area (TPSA) is 58.1 Å². The molecule has 0 aromatic heterocycles. The van der Waals surface area contributed by atoms with Crippen LogP contribution in [0.15, 0.2) is 23.2 Å². The Morgan fingerprint density at radius 1 is 1.26 bits per heavy atom. The molecule has 0 atom stereocenters. The van der Waals surface area contributed by atoms with E-state index in [1.165, 1.54) is 12.8 Å². The predicted molar refractivity (Wildman–Crippen MR) is 91.0 cm³/mol. The predicted octanol–water partition coefficient (Wildman–Crippen LogP) is 1.56. The summed E-state index contributed by atoms with van der Waals surface area (Å²) >= 11 is 0. The first-order valence-corrected chi connectivity index (χ1v) is 8.37. The third-order valence-corrected chi connectivity index (χ3v) is 4.28. The van der Waals surface area contributed by atoms with Gasteiger partial charge in [-0.3, -0.25) is 9.89 Å². The van der Waals surface area contributed by atoms with Crippen molar-refractivity contribution in [3.63, 3.8) is 0 Å². The summed E-state index contributed by atoms with van der Waals surface area (Å²) in [5.41, 5.74) is 1.14. The van der Waals surface area contributed by atoms with E-state index in [-0.39, 0.29) is 0 Å². The lowest BCUT2D eigenvalue weighted by Crippen LogP contribution is -2.41. The maximum Gasteiger partial charge on any atom is 0.231 e. The Balaban J connectivity index is 1.42. The van der Waals surface area contributed by atoms with E-state index in [1.54, 1.807) is 7.05 Å². The summed E-state index contributed by atoms with van der Waals surface area (Å²) in [6, 6.07) is 6.81. The average Bonchev–Trinajstić information content (AvgIpc) is 3.31. The van der Waals surface area contributed by atoms with Gasteiger partial charge in [0.2, 0.25) is 6.79 Å². The van der Waals surface area contributed by atoms with Crippen molar-refractivity contribution in [3.8, 4) is 11.5 Å². The van der Waals surface area contributed by atoms with E-state index in [0.717, 1.165) is 48.7 Å². The molecule has 1 heterocycles. The molecule has 1 aromatic carbocycles. The highest BCUT2D eigenvalue weighted by Gasteiger charge is 2.27. The van der Waals surface area contributed by atoms with Gasteiger partial charge < -0.3 is 20.1 Å². The SMILES string of the molecule is CCN(CCNC(=NC)NCc1ccc2c(c1)OCO2)C1CC1. The molecule has 23 heavy (non-hydrogen) atoms. The molecular weight excluding hydrogens is 292 g/mol. The molecule has 1 aromatic rings. The number of hydrogen-bond donors (Lipinski definition) is 2. The molecule has 0 amide bonds. The molecular formula is C17H26N4O2. The molecule has 0 radical (unpaired) electrons. The lowest BCUT2D eigenvalue weighted by molar-refractivity contribution is 0.174. The van der Waals surface area contributed by atoms with Crippen LogP contribution in [0.2, 0.25) is 0 Å². The normalized spacial score (nSPS) is 16.7. The van der Waals surface area contributed by atoms with Gasteiger partial charge >= 0.3 is 0 Å². The number of fused-ring (bicyclic) bond motifs is 1. The van der Waals surface area contributed by atoms with E-state index in [0.29, 0.717) is 13.3 Å². The Morgan fingerprint density at radius 3 is 2.83 bits per heavy atom. The number of likely N-dealkylation sites (N-methyl/N-ethyl adjacent to an activating group) is 1. The Labute approximate surface area is 137 Å². The summed E-state index contributed by atoms with van der Waals surface area (Å²) in [5, 5.41) is 6.72. The molecule has 1 fully saturated rings. The van der Waals surface area contributed by atoms with E-state index in [2.05, 4.69) is 27.4 Å². The molecule has 2 aliphatic rings. The molecule has 1 saturated carbocycles. The monoisotopic (exact) mass is 318 g/mol. The molecule has 126 valence electrons. The van der Waals surface area contributed by atoms with Gasteiger partial charge in [0.15, 0.2) is 17.5 Å². The molecule has 1 aliphatic carbocycles. The van der Waals surface area contributed by atoms with Gasteiger partial charge in [-0.15, -0.1) is 0 Å². The zero-order valence-electron chi connectivity index (χ0n) is 14.0. The van der Waals surface area contributed by atoms with E-state index in [9.17, 15) is 0 Å². The third kappa shape index (κ3) is 4.28. The van der Waals surface area contributed by atoms with Crippen LogP contribution in [0.5, 0.6) is 11.5 Å². The van der Waals surface area contributed by atoms with E-state index < -0.39 is 0 Å². The van der Waals surface area contributed by atoms with Crippen LogP contribution in [0.1, 0.15) is 25.3 Å². The number of hydrogen-bond acceptors (Lipinski definition) is 4. The maximum atomic E-state index is 5.40. The highest BCUT2D eigenvalue weighted by Crippen LogP contribution is 2.32. The zero-order valence-corrected chi connectivity index (χ0v) is 14.0. The van der Waals surface area contributed by atoms with Crippen LogP contribution >= 0.6 is 0 Å². The van der Waals surface area contributed by atoms with Crippen LogP contribution in [-0.2, 0) is 6.54 Å². The van der Waals surface area contributed by atoms with Crippen molar-refractivity contribution in [1.29, 1.82) is 0 Å². The van der Waals surface area contributed by atoms with Gasteiger partial charge in [0.25, 0.3) is 0 Å². The minimum atomic E-state index is 0.310. The summed E-state index contributed by atoms with van der Waals surface area (Å²) in [6.45, 7) is 6.33. The third-order valence-electron chi connectivity index (χ3n) is 4.28. The lowest BCUT2D eigenvalue weighted by atomic mass is 10.2. The molecule has 2 N–H and O–H groups in total. The van der Waals surface area contributed by atoms with Crippen LogP contribution in [-0.4, -0.2) is 50.4 Å². The summed E-state index contributed by atoms with van der Waals surface area (Å²) in [5.74, 6) is 2.46. The molecule has 0 spiro atoms. The molecule has 6 heteroatoms. The molecule has 6 nitrogen and oxygen atoms in total. The Bertz CT molecular complexity index is 558. The van der Waals surface area contributed by atoms with Crippen molar-refractivity contribution in [2.24, 2.45) is 4.99 Å². The number of guanidine groups is 1. The number of nitrogens with zero attached hydrogens (tertiary/aromatic N) is 2. The number of nitrogens with one attached hydrogen (secondary N) is 2. The maximum absolute atomic E-state index is 5.40. The van der Waals surface area contributed by atoms with Crippen LogP contribution in [0.3, 0.4) is 0 Å². The van der Waals surface area contributed by atoms with Crippen LogP contribution < -0.4 is 20.1 Å². The molecule has 1 aliphatic heterocycles. The van der Waals surface area contributed by atoms with E-state index in [4.69, 9.17) is 9.47 Å². The summed E-state index contributed by atoms with van der Waals surface area (Å²) < 4.78 is 10.7. The van der Waals surface area contributed by atoms with Crippen molar-refractivity contribution in [3.05, 3.63) is 23.8 Å². The van der Waals surface area contributed by atoms with Crippen LogP contribution in [0.4, 0.5) is 0 Å². The largest absolute Gasteiger partial charge is 0.454 e. The average molecular weight is 318 g/mol. The van der Waals surface area contributed by atoms with Crippen molar-refractivity contribution in [2.75, 3.05) is 33.5 Å². The number of benzene rings is 1.